The van der Waals surface area contributed by atoms with Gasteiger partial charge < -0.3 is 20.5 Å². The van der Waals surface area contributed by atoms with E-state index in [4.69, 9.17) is 15.2 Å². The summed E-state index contributed by atoms with van der Waals surface area (Å²) in [5.74, 6) is 4.92. The van der Waals surface area contributed by atoms with Gasteiger partial charge in [0.15, 0.2) is 6.17 Å². The van der Waals surface area contributed by atoms with Gasteiger partial charge in [-0.1, -0.05) is 18.8 Å². The summed E-state index contributed by atoms with van der Waals surface area (Å²) >= 11 is 0. The molecule has 2 amide bonds. The molecule has 3 rings (SSSR count). The molecule has 3 atom stereocenters. The average Bonchev–Trinajstić information content (AvgIpc) is 3.04. The van der Waals surface area contributed by atoms with Gasteiger partial charge in [0.1, 0.15) is 12.4 Å². The third kappa shape index (κ3) is 4.75. The van der Waals surface area contributed by atoms with Crippen molar-refractivity contribution in [1.29, 1.82) is 0 Å². The van der Waals surface area contributed by atoms with Crippen LogP contribution in [0.4, 0.5) is 4.39 Å². The van der Waals surface area contributed by atoms with Crippen molar-refractivity contribution in [3.63, 3.8) is 0 Å². The molecule has 1 aliphatic rings. The van der Waals surface area contributed by atoms with Gasteiger partial charge in [-0.2, -0.15) is 0 Å². The van der Waals surface area contributed by atoms with Gasteiger partial charge in [-0.05, 0) is 32.6 Å². The number of amides is 2. The van der Waals surface area contributed by atoms with E-state index >= 15 is 0 Å². The highest BCUT2D eigenvalue weighted by Gasteiger charge is 2.41. The van der Waals surface area contributed by atoms with Crippen LogP contribution in [0.2, 0.25) is 0 Å². The van der Waals surface area contributed by atoms with Crippen molar-refractivity contribution in [2.75, 3.05) is 34.4 Å². The molecule has 0 bridgehead atoms. The highest BCUT2D eigenvalue weighted by molar-refractivity contribution is 6.03. The van der Waals surface area contributed by atoms with E-state index in [2.05, 4.69) is 22.1 Å². The minimum absolute atomic E-state index is 0.0539. The number of aromatic nitrogens is 1. The molecule has 170 valence electrons. The Hall–Kier alpha value is -3.38. The van der Waals surface area contributed by atoms with Crippen molar-refractivity contribution < 1.29 is 23.5 Å². The summed E-state index contributed by atoms with van der Waals surface area (Å²) in [5, 5.41) is 3.83. The first-order valence-electron chi connectivity index (χ1n) is 10.3. The minimum atomic E-state index is -1.55. The second-order valence-electron chi connectivity index (χ2n) is 7.88. The van der Waals surface area contributed by atoms with Crippen LogP contribution in [0.3, 0.4) is 0 Å². The maximum absolute atomic E-state index is 14.1. The molecule has 1 aromatic carbocycles. The molecule has 2 heterocycles. The first kappa shape index (κ1) is 23.3. The molecule has 1 saturated heterocycles. The molecular weight excluding hydrogens is 415 g/mol. The molecule has 8 nitrogen and oxygen atoms in total. The number of hydrogen-bond acceptors (Lipinski definition) is 6. The second-order valence-corrected chi connectivity index (χ2v) is 7.88. The number of nitrogens with one attached hydrogen (secondary N) is 1. The van der Waals surface area contributed by atoms with Crippen molar-refractivity contribution >= 4 is 22.6 Å². The molecule has 0 unspecified atom stereocenters. The average molecular weight is 442 g/mol. The summed E-state index contributed by atoms with van der Waals surface area (Å²) in [6, 6.07) is 2.76. The Morgan fingerprint density at radius 2 is 2.09 bits per heavy atom. The van der Waals surface area contributed by atoms with Crippen molar-refractivity contribution in [3.05, 3.63) is 29.5 Å². The van der Waals surface area contributed by atoms with Crippen LogP contribution < -0.4 is 20.5 Å². The first-order chi connectivity index (χ1) is 15.3. The maximum Gasteiger partial charge on any atom is 0.255 e. The van der Waals surface area contributed by atoms with E-state index in [1.807, 2.05) is 25.9 Å². The fraction of sp³-hybridized carbons (Fsp3) is 0.435. The molecule has 2 aromatic rings. The van der Waals surface area contributed by atoms with Gasteiger partial charge in [0.2, 0.25) is 5.88 Å². The van der Waals surface area contributed by atoms with Crippen LogP contribution in [0.15, 0.2) is 18.3 Å². The summed E-state index contributed by atoms with van der Waals surface area (Å²) in [6.07, 6.45) is 0.504. The Morgan fingerprint density at radius 1 is 1.34 bits per heavy atom. The van der Waals surface area contributed by atoms with Crippen molar-refractivity contribution in [2.24, 2.45) is 11.7 Å². The third-order valence-electron chi connectivity index (χ3n) is 5.40. The molecule has 3 N–H and O–H groups in total. The van der Waals surface area contributed by atoms with Crippen LogP contribution >= 0.6 is 0 Å². The first-order valence-corrected chi connectivity index (χ1v) is 10.3. The largest absolute Gasteiger partial charge is 0.496 e. The molecule has 1 aromatic heterocycles. The molecular formula is C23H27FN4O4. The van der Waals surface area contributed by atoms with Gasteiger partial charge in [0, 0.05) is 22.9 Å². The molecule has 9 heteroatoms. The smallest absolute Gasteiger partial charge is 0.255 e. The Bertz CT molecular complexity index is 1090. The van der Waals surface area contributed by atoms with Crippen LogP contribution in [0.1, 0.15) is 29.3 Å². The summed E-state index contributed by atoms with van der Waals surface area (Å²) in [7, 11) is 5.25. The quantitative estimate of drug-likeness (QED) is 0.630. The number of hydrogen-bond donors (Lipinski definition) is 2. The standard InChI is InChI=1S/C23H27FN4O4/c1-5-14-18(27-22(30)20(14)24)12-32-23-16-10-19(31-4)17(21(25)29)9-15(16)13(11-26-23)7-6-8-28(2)3/h9-11,14,18,20H,5,8,12H2,1-4H3,(H2,25,29)(H,27,30)/t14-,18+,20-/m0/s1. The number of nitrogens with two attached hydrogens (primary N) is 1. The van der Waals surface area contributed by atoms with Crippen LogP contribution in [0.25, 0.3) is 10.8 Å². The number of pyridine rings is 1. The molecule has 1 aliphatic heterocycles. The van der Waals surface area contributed by atoms with Gasteiger partial charge >= 0.3 is 0 Å². The number of halogens is 1. The summed E-state index contributed by atoms with van der Waals surface area (Å²) in [5.41, 5.74) is 6.33. The number of ether oxygens (including phenoxy) is 2. The Balaban J connectivity index is 2.02. The van der Waals surface area contributed by atoms with Crippen molar-refractivity contribution in [2.45, 2.75) is 25.6 Å². The van der Waals surface area contributed by atoms with E-state index in [1.54, 1.807) is 18.3 Å². The van der Waals surface area contributed by atoms with E-state index in [-0.39, 0.29) is 23.8 Å². The van der Waals surface area contributed by atoms with Crippen LogP contribution in [-0.2, 0) is 4.79 Å². The van der Waals surface area contributed by atoms with Crippen LogP contribution in [0.5, 0.6) is 11.6 Å². The number of primary amides is 1. The molecule has 0 saturated carbocycles. The minimum Gasteiger partial charge on any atom is -0.496 e. The van der Waals surface area contributed by atoms with Gasteiger partial charge in [0.25, 0.3) is 11.8 Å². The van der Waals surface area contributed by atoms with Gasteiger partial charge in [-0.3, -0.25) is 14.5 Å². The summed E-state index contributed by atoms with van der Waals surface area (Å²) in [6.45, 7) is 2.43. The van der Waals surface area contributed by atoms with Gasteiger partial charge in [0.05, 0.1) is 30.8 Å². The van der Waals surface area contributed by atoms with E-state index in [1.165, 1.54) is 7.11 Å². The molecule has 0 radical (unpaired) electrons. The highest BCUT2D eigenvalue weighted by atomic mass is 19.1. The van der Waals surface area contributed by atoms with Crippen LogP contribution in [-0.4, -0.2) is 68.3 Å². The molecule has 0 spiro atoms. The van der Waals surface area contributed by atoms with Crippen LogP contribution in [0, 0.1) is 17.8 Å². The topological polar surface area (TPSA) is 107 Å². The Kier molecular flexibility index (Phi) is 7.15. The number of carbonyl (C=O) groups is 2. The van der Waals surface area contributed by atoms with Crippen molar-refractivity contribution in [3.8, 4) is 23.5 Å². The number of nitrogens with zero attached hydrogens (tertiary/aromatic N) is 2. The zero-order valence-electron chi connectivity index (χ0n) is 18.6. The van der Waals surface area contributed by atoms with Crippen molar-refractivity contribution in [1.82, 2.24) is 15.2 Å². The Morgan fingerprint density at radius 3 is 2.72 bits per heavy atom. The zero-order valence-corrected chi connectivity index (χ0v) is 18.6. The van der Waals surface area contributed by atoms with E-state index in [0.29, 0.717) is 29.3 Å². The second kappa shape index (κ2) is 9.83. The van der Waals surface area contributed by atoms with Gasteiger partial charge in [-0.15, -0.1) is 0 Å². The lowest BCUT2D eigenvalue weighted by Gasteiger charge is -2.19. The third-order valence-corrected chi connectivity index (χ3v) is 5.40. The highest BCUT2D eigenvalue weighted by Crippen LogP contribution is 2.33. The van der Waals surface area contributed by atoms with E-state index in [9.17, 15) is 14.0 Å². The summed E-state index contributed by atoms with van der Waals surface area (Å²) < 4.78 is 25.3. The van der Waals surface area contributed by atoms with E-state index in [0.717, 1.165) is 0 Å². The lowest BCUT2D eigenvalue weighted by molar-refractivity contribution is -0.123. The molecule has 1 fully saturated rings. The van der Waals surface area contributed by atoms with Gasteiger partial charge in [-0.25, -0.2) is 9.37 Å². The number of carbonyl (C=O) groups excluding carboxylic acids is 2. The Labute approximate surface area is 186 Å². The number of alkyl halides is 1. The predicted molar refractivity (Wildman–Crippen MR) is 118 cm³/mol. The maximum atomic E-state index is 14.1. The molecule has 32 heavy (non-hydrogen) atoms. The predicted octanol–water partition coefficient (Wildman–Crippen LogP) is 1.50. The fourth-order valence-corrected chi connectivity index (χ4v) is 3.70. The lowest BCUT2D eigenvalue weighted by Crippen LogP contribution is -2.34. The lowest BCUT2D eigenvalue weighted by atomic mass is 9.97. The monoisotopic (exact) mass is 442 g/mol. The molecule has 0 aliphatic carbocycles. The number of fused-ring (bicyclic) bond motifs is 1. The number of methoxy groups -OCH3 is 1. The van der Waals surface area contributed by atoms with E-state index < -0.39 is 29.9 Å². The normalized spacial score (nSPS) is 20.1. The fourth-order valence-electron chi connectivity index (χ4n) is 3.70. The number of benzene rings is 1. The zero-order chi connectivity index (χ0) is 23.4. The number of rotatable bonds is 7. The SMILES string of the molecule is CC[C@@H]1[C@H](F)C(=O)N[C@@H]1COc1ncc(C#CCN(C)C)c2cc(C(N)=O)c(OC)cc12. The summed E-state index contributed by atoms with van der Waals surface area (Å²) in [4.78, 5) is 30.0.